The second kappa shape index (κ2) is 20.0. The molecule has 22 heteroatoms. The Morgan fingerprint density at radius 3 is 1.68 bits per heavy atom. The Morgan fingerprint density at radius 2 is 1.48 bits per heavy atom. The third-order valence-electron chi connectivity index (χ3n) is 5.24. The highest BCUT2D eigenvalue weighted by atomic mass is 32.2. The van der Waals surface area contributed by atoms with E-state index in [1.807, 2.05) is 6.92 Å². The number of rotatable bonds is 4. The summed E-state index contributed by atoms with van der Waals surface area (Å²) in [6.45, 7) is 7.29. The molecule has 0 unspecified atom stereocenters. The molecule has 5 aliphatic heterocycles. The van der Waals surface area contributed by atoms with Gasteiger partial charge in [0, 0.05) is 6.54 Å². The highest BCUT2D eigenvalue weighted by Gasteiger charge is 2.28. The van der Waals surface area contributed by atoms with Crippen molar-refractivity contribution < 1.29 is 38.6 Å². The van der Waals surface area contributed by atoms with Crippen molar-refractivity contribution in [2.24, 2.45) is 11.8 Å². The third-order valence-corrected chi connectivity index (χ3v) is 9.74. The normalized spacial score (nSPS) is 20.4. The molecule has 5 rings (SSSR count). The average molecular weight is 746 g/mol. The number of hydrazine groups is 1. The fourth-order valence-electron chi connectivity index (χ4n) is 2.85. The van der Waals surface area contributed by atoms with Gasteiger partial charge in [0.1, 0.15) is 21.8 Å². The van der Waals surface area contributed by atoms with Gasteiger partial charge < -0.3 is 25.8 Å². The lowest BCUT2D eigenvalue weighted by Gasteiger charge is -2.10. The maximum atomic E-state index is 10.9. The quantitative estimate of drug-likeness (QED) is 0.149. The van der Waals surface area contributed by atoms with Gasteiger partial charge >= 0.3 is 12.1 Å². The molecule has 1 atom stereocenters. The molecule has 0 aliphatic carbocycles. The lowest BCUT2D eigenvalue weighted by molar-refractivity contribution is -0.140. The minimum Gasteiger partial charge on any atom is -0.480 e. The zero-order valence-electron chi connectivity index (χ0n) is 23.7. The van der Waals surface area contributed by atoms with Crippen molar-refractivity contribution >= 4 is 138 Å². The number of amides is 5. The zero-order valence-corrected chi connectivity index (χ0v) is 29.4. The maximum Gasteiger partial charge on any atom is 0.407 e. The number of nitrogens with zero attached hydrogens (tertiary/aromatic N) is 3. The van der Waals surface area contributed by atoms with Gasteiger partial charge in [-0.2, -0.15) is 0 Å². The molecule has 5 heterocycles. The van der Waals surface area contributed by atoms with Crippen LogP contribution in [0.2, 0.25) is 0 Å². The number of carboxylic acid groups (broad SMARTS) is 1. The van der Waals surface area contributed by atoms with E-state index in [9.17, 15) is 28.8 Å². The smallest absolute Gasteiger partial charge is 0.407 e. The molecule has 0 saturated carbocycles. The molecule has 0 aromatic carbocycles. The number of carbonyl (C=O) groups excluding carboxylic acids is 5. The molecular formula is C22H31N7O8S7. The number of carboxylic acids is 1. The molecule has 0 aromatic heterocycles. The minimum absolute atomic E-state index is 0.0509. The number of thiocarbonyl (C=S) groups is 4. The van der Waals surface area contributed by atoms with Crippen LogP contribution in [0.1, 0.15) is 20.8 Å². The number of hydrogen-bond donors (Lipinski definition) is 5. The number of alkyl carbamates (subject to hydrolysis) is 1. The molecule has 0 radical (unpaired) electrons. The summed E-state index contributed by atoms with van der Waals surface area (Å²) in [5.41, 5.74) is 0. The van der Waals surface area contributed by atoms with Crippen LogP contribution in [-0.4, -0.2) is 123 Å². The summed E-state index contributed by atoms with van der Waals surface area (Å²) >= 11 is 22.8. The Balaban J connectivity index is 0.000000277. The molecule has 0 bridgehead atoms. The first-order valence-corrected chi connectivity index (χ1v) is 17.1. The summed E-state index contributed by atoms with van der Waals surface area (Å²) in [5.74, 6) is 5.54. The van der Waals surface area contributed by atoms with Gasteiger partial charge in [0.15, 0.2) is 9.43 Å². The summed E-state index contributed by atoms with van der Waals surface area (Å²) < 4.78 is 6.23. The molecule has 5 fully saturated rings. The van der Waals surface area contributed by atoms with Crippen LogP contribution in [-0.2, 0) is 28.7 Å². The number of cyclic esters (lactones) is 1. The van der Waals surface area contributed by atoms with Crippen molar-refractivity contribution in [2.45, 2.75) is 26.8 Å². The molecule has 5 saturated heterocycles. The van der Waals surface area contributed by atoms with E-state index < -0.39 is 5.97 Å². The molecule has 244 valence electrons. The van der Waals surface area contributed by atoms with Gasteiger partial charge in [-0.25, -0.2) is 15.6 Å². The fraction of sp³-hybridized carbons (Fsp3) is 0.545. The van der Waals surface area contributed by atoms with Crippen LogP contribution in [0.15, 0.2) is 0 Å². The highest BCUT2D eigenvalue weighted by molar-refractivity contribution is 8.24. The second-order valence-electron chi connectivity index (χ2n) is 8.76. The van der Waals surface area contributed by atoms with E-state index in [1.54, 1.807) is 4.90 Å². The van der Waals surface area contributed by atoms with Gasteiger partial charge in [-0.3, -0.25) is 33.8 Å². The molecular weight excluding hydrogens is 715 g/mol. The van der Waals surface area contributed by atoms with E-state index in [1.165, 1.54) is 35.3 Å². The highest BCUT2D eigenvalue weighted by Crippen LogP contribution is 2.19. The molecule has 5 aliphatic rings. The molecule has 44 heavy (non-hydrogen) atoms. The number of nitrogens with one attached hydrogen (secondary N) is 3. The Morgan fingerprint density at radius 1 is 0.955 bits per heavy atom. The van der Waals surface area contributed by atoms with Crippen LogP contribution < -0.4 is 21.8 Å². The summed E-state index contributed by atoms with van der Waals surface area (Å²) in [7, 11) is 0. The molecule has 0 aromatic rings. The largest absolute Gasteiger partial charge is 0.480 e. The van der Waals surface area contributed by atoms with Crippen molar-refractivity contribution in [3.05, 3.63) is 0 Å². The van der Waals surface area contributed by atoms with Crippen molar-refractivity contribution in [2.75, 3.05) is 43.5 Å². The van der Waals surface area contributed by atoms with Gasteiger partial charge in [0.25, 0.3) is 5.91 Å². The third kappa shape index (κ3) is 14.3. The van der Waals surface area contributed by atoms with Gasteiger partial charge in [0.05, 0.1) is 29.8 Å². The maximum absolute atomic E-state index is 10.9. The number of thioether (sulfide) groups is 3. The first kappa shape index (κ1) is 39.8. The van der Waals surface area contributed by atoms with E-state index in [0.717, 1.165) is 14.2 Å². The lowest BCUT2D eigenvalue weighted by Crippen LogP contribution is -2.34. The molecule has 6 N–H and O–H groups in total. The zero-order chi connectivity index (χ0) is 33.6. The van der Waals surface area contributed by atoms with Crippen LogP contribution in [0, 0.1) is 5.92 Å². The van der Waals surface area contributed by atoms with E-state index in [2.05, 4.69) is 59.0 Å². The average Bonchev–Trinajstić information content (AvgIpc) is 3.77. The van der Waals surface area contributed by atoms with E-state index in [4.69, 9.17) is 35.4 Å². The number of hydrogen-bond acceptors (Lipinski definition) is 15. The molecule has 0 spiro atoms. The number of ether oxygens (including phenoxy) is 1. The Hall–Kier alpha value is -2.21. The predicted octanol–water partition coefficient (Wildman–Crippen LogP) is 0.260. The van der Waals surface area contributed by atoms with E-state index in [0.29, 0.717) is 50.9 Å². The van der Waals surface area contributed by atoms with Crippen molar-refractivity contribution in [3.8, 4) is 0 Å². The monoisotopic (exact) mass is 745 g/mol. The summed E-state index contributed by atoms with van der Waals surface area (Å²) in [6, 6.07) is 0.220. The first-order valence-electron chi connectivity index (χ1n) is 12.5. The molecule has 5 amide bonds. The van der Waals surface area contributed by atoms with Crippen molar-refractivity contribution in [1.82, 2.24) is 30.8 Å². The lowest BCUT2D eigenvalue weighted by atomic mass is 10.1. The summed E-state index contributed by atoms with van der Waals surface area (Å²) in [5, 5.41) is 17.5. The van der Waals surface area contributed by atoms with Crippen molar-refractivity contribution in [3.63, 3.8) is 0 Å². The van der Waals surface area contributed by atoms with Crippen LogP contribution in [0.3, 0.4) is 0 Å². The van der Waals surface area contributed by atoms with Crippen LogP contribution in [0.4, 0.5) is 4.79 Å². The van der Waals surface area contributed by atoms with Crippen LogP contribution in [0.25, 0.3) is 0 Å². The van der Waals surface area contributed by atoms with E-state index in [-0.39, 0.29) is 48.1 Å². The number of nitrogens with two attached hydrogens (primary N) is 1. The van der Waals surface area contributed by atoms with Gasteiger partial charge in [-0.1, -0.05) is 85.8 Å². The summed E-state index contributed by atoms with van der Waals surface area (Å²) in [4.78, 5) is 65.7. The minimum atomic E-state index is -1.04. The number of aliphatic carboxylic acids is 1. The predicted molar refractivity (Wildman–Crippen MR) is 185 cm³/mol. The number of carbonyl (C=O) groups is 6. The Bertz CT molecular complexity index is 1130. The van der Waals surface area contributed by atoms with Crippen molar-refractivity contribution in [1.29, 1.82) is 0 Å². The van der Waals surface area contributed by atoms with E-state index >= 15 is 0 Å². The SMILES string of the molecule is CC(C)[C@@H]1COC(=O)N1.CCN1C(=O)CSC1=S.NN1C(=O)CSC1=S.O=C(O)CN1C(=O)CSC1=S.O=C1CNC(=S)N1. The van der Waals surface area contributed by atoms with Crippen LogP contribution in [0.5, 0.6) is 0 Å². The molecule has 15 nitrogen and oxygen atoms in total. The van der Waals surface area contributed by atoms with Crippen LogP contribution >= 0.6 is 84.2 Å². The fourth-order valence-corrected chi connectivity index (χ4v) is 6.21. The Labute approximate surface area is 287 Å². The Kier molecular flexibility index (Phi) is 18.1. The van der Waals surface area contributed by atoms with Gasteiger partial charge in [-0.15, -0.1) is 0 Å². The topological polar surface area (TPSA) is 204 Å². The van der Waals surface area contributed by atoms with Gasteiger partial charge in [-0.05, 0) is 25.1 Å². The summed E-state index contributed by atoms with van der Waals surface area (Å²) in [6.07, 6.45) is -0.284. The van der Waals surface area contributed by atoms with Gasteiger partial charge in [0.2, 0.25) is 17.7 Å². The first-order chi connectivity index (χ1) is 20.6. The standard InChI is InChI=1S/C6H11NO2.C5H5NO3S2.C5H7NOS2.C3H4N2OS2.C3H4N2OS/c1-4(2)5-3-9-6(8)7-5;7-3-2-11-5(10)6(3)1-4(8)9;1-2-6-4(7)3-9-5(6)8;4-5-2(6)1-8-3(5)7;6-2-1-4-3(7)5-2/h4-5H,3H2,1-2H3,(H,7,8);1-2H2,(H,8,9);2-3H2,1H3;1,4H2;1H2,(H2,4,5,6,7)/t5-;;;;/m0..../s1. The second-order valence-corrected chi connectivity index (χ2v) is 14.0.